The monoisotopic (exact) mass is 546 g/mol. The van der Waals surface area contributed by atoms with E-state index in [2.05, 4.69) is 20.6 Å². The first-order chi connectivity index (χ1) is 19.3. The van der Waals surface area contributed by atoms with Crippen molar-refractivity contribution >= 4 is 23.7 Å². The van der Waals surface area contributed by atoms with E-state index < -0.39 is 47.9 Å². The molecule has 210 valence electrons. The van der Waals surface area contributed by atoms with Gasteiger partial charge in [-0.15, -0.1) is 0 Å². The van der Waals surface area contributed by atoms with Gasteiger partial charge < -0.3 is 31.4 Å². The first-order valence-corrected chi connectivity index (χ1v) is 13.3. The summed E-state index contributed by atoms with van der Waals surface area (Å²) in [6.07, 6.45) is 4.42. The Bertz CT molecular complexity index is 1280. The lowest BCUT2D eigenvalue weighted by atomic mass is 10.0. The zero-order valence-electron chi connectivity index (χ0n) is 22.0. The van der Waals surface area contributed by atoms with Crippen molar-refractivity contribution in [2.45, 2.75) is 56.3 Å². The molecular formula is C29H34N6O5. The van der Waals surface area contributed by atoms with E-state index in [0.29, 0.717) is 31.5 Å². The van der Waals surface area contributed by atoms with E-state index in [1.165, 1.54) is 17.4 Å². The number of carboxylic acid groups (broad SMARTS) is 1. The molecule has 1 saturated heterocycles. The number of aromatic nitrogens is 2. The van der Waals surface area contributed by atoms with Crippen LogP contribution in [0.1, 0.15) is 29.7 Å². The maximum Gasteiger partial charge on any atom is 0.326 e. The summed E-state index contributed by atoms with van der Waals surface area (Å²) in [6.45, 7) is 0.312. The lowest BCUT2D eigenvalue weighted by Crippen LogP contribution is -2.57. The number of nitrogens with one attached hydrogen (secondary N) is 3. The molecule has 2 heterocycles. The highest BCUT2D eigenvalue weighted by atomic mass is 16.4. The van der Waals surface area contributed by atoms with Crippen LogP contribution in [0.4, 0.5) is 0 Å². The van der Waals surface area contributed by atoms with Gasteiger partial charge in [0.05, 0.1) is 12.4 Å². The second-order valence-electron chi connectivity index (χ2n) is 9.92. The van der Waals surface area contributed by atoms with E-state index in [1.54, 1.807) is 0 Å². The number of nitrogens with zero attached hydrogens (tertiary/aromatic N) is 2. The molecule has 1 aliphatic rings. The van der Waals surface area contributed by atoms with Crippen molar-refractivity contribution in [1.29, 1.82) is 0 Å². The molecule has 11 heteroatoms. The van der Waals surface area contributed by atoms with Gasteiger partial charge >= 0.3 is 5.97 Å². The molecule has 1 aliphatic heterocycles. The largest absolute Gasteiger partial charge is 0.480 e. The number of H-pyrrole nitrogens is 1. The SMILES string of the molecule is NC(Cc1ccccc1)C(=O)NC(Cc1ccccc1)C(=O)N1CCCC1C(=O)NC(Cc1cnc[nH]1)C(=O)O. The second kappa shape index (κ2) is 13.5. The number of hydrogen-bond acceptors (Lipinski definition) is 6. The molecule has 6 N–H and O–H groups in total. The summed E-state index contributed by atoms with van der Waals surface area (Å²) in [4.78, 5) is 60.1. The van der Waals surface area contributed by atoms with Crippen molar-refractivity contribution in [2.75, 3.05) is 6.54 Å². The lowest BCUT2D eigenvalue weighted by molar-refractivity contribution is -0.144. The van der Waals surface area contributed by atoms with Crippen LogP contribution in [0, 0.1) is 0 Å². The van der Waals surface area contributed by atoms with Crippen LogP contribution >= 0.6 is 0 Å². The van der Waals surface area contributed by atoms with Crippen molar-refractivity contribution < 1.29 is 24.3 Å². The number of imidazole rings is 1. The number of aromatic amines is 1. The molecule has 4 unspecified atom stereocenters. The van der Waals surface area contributed by atoms with E-state index in [4.69, 9.17) is 5.73 Å². The zero-order chi connectivity index (χ0) is 28.5. The maximum absolute atomic E-state index is 13.8. The van der Waals surface area contributed by atoms with Crippen molar-refractivity contribution in [3.8, 4) is 0 Å². The number of likely N-dealkylation sites (tertiary alicyclic amines) is 1. The fraction of sp³-hybridized carbons (Fsp3) is 0.345. The van der Waals surface area contributed by atoms with Crippen molar-refractivity contribution in [2.24, 2.45) is 5.73 Å². The normalized spacial score (nSPS) is 17.0. The highest BCUT2D eigenvalue weighted by Crippen LogP contribution is 2.20. The van der Waals surface area contributed by atoms with Gasteiger partial charge in [-0.2, -0.15) is 0 Å². The molecule has 0 radical (unpaired) electrons. The Labute approximate surface area is 232 Å². The van der Waals surface area contributed by atoms with Gasteiger partial charge in [0, 0.05) is 31.3 Å². The van der Waals surface area contributed by atoms with Crippen LogP contribution in [-0.4, -0.2) is 74.4 Å². The molecule has 0 saturated carbocycles. The molecule has 3 aromatic rings. The number of benzene rings is 2. The van der Waals surface area contributed by atoms with Gasteiger partial charge in [0.25, 0.3) is 0 Å². The zero-order valence-corrected chi connectivity index (χ0v) is 22.0. The first-order valence-electron chi connectivity index (χ1n) is 13.3. The highest BCUT2D eigenvalue weighted by molar-refractivity contribution is 5.94. The van der Waals surface area contributed by atoms with Crippen LogP contribution in [0.25, 0.3) is 0 Å². The van der Waals surface area contributed by atoms with Crippen molar-refractivity contribution in [3.05, 3.63) is 90.0 Å². The number of carbonyl (C=O) groups is 4. The minimum atomic E-state index is -1.19. The molecule has 3 amide bonds. The first kappa shape index (κ1) is 28.5. The smallest absolute Gasteiger partial charge is 0.326 e. The Morgan fingerprint density at radius 1 is 0.950 bits per heavy atom. The molecule has 1 fully saturated rings. The molecule has 0 spiro atoms. The van der Waals surface area contributed by atoms with Crippen LogP contribution < -0.4 is 16.4 Å². The minimum absolute atomic E-state index is 0.0216. The lowest BCUT2D eigenvalue weighted by Gasteiger charge is -2.30. The summed E-state index contributed by atoms with van der Waals surface area (Å²) in [5.74, 6) is -2.63. The number of nitrogens with two attached hydrogens (primary N) is 1. The number of rotatable bonds is 12. The fourth-order valence-electron chi connectivity index (χ4n) is 4.88. The Morgan fingerprint density at radius 2 is 1.60 bits per heavy atom. The minimum Gasteiger partial charge on any atom is -0.480 e. The third-order valence-electron chi connectivity index (χ3n) is 6.96. The van der Waals surface area contributed by atoms with Gasteiger partial charge in [0.2, 0.25) is 17.7 Å². The molecule has 4 atom stereocenters. The van der Waals surface area contributed by atoms with E-state index in [-0.39, 0.29) is 12.8 Å². The van der Waals surface area contributed by atoms with Crippen LogP contribution in [0.3, 0.4) is 0 Å². The van der Waals surface area contributed by atoms with E-state index in [0.717, 1.165) is 11.1 Å². The van der Waals surface area contributed by atoms with Crippen LogP contribution in [0.2, 0.25) is 0 Å². The summed E-state index contributed by atoms with van der Waals surface area (Å²) in [5, 5.41) is 15.0. The van der Waals surface area contributed by atoms with Crippen molar-refractivity contribution in [3.63, 3.8) is 0 Å². The molecule has 1 aromatic heterocycles. The van der Waals surface area contributed by atoms with Gasteiger partial charge in [-0.1, -0.05) is 60.7 Å². The number of amides is 3. The predicted octanol–water partition coefficient (Wildman–Crippen LogP) is 0.810. The number of carboxylic acids is 1. The van der Waals surface area contributed by atoms with Crippen molar-refractivity contribution in [1.82, 2.24) is 25.5 Å². The number of aliphatic carboxylic acids is 1. The van der Waals surface area contributed by atoms with Gasteiger partial charge in [-0.3, -0.25) is 14.4 Å². The van der Waals surface area contributed by atoms with Crippen LogP contribution in [0.5, 0.6) is 0 Å². The van der Waals surface area contributed by atoms with Crippen LogP contribution in [0.15, 0.2) is 73.2 Å². The summed E-state index contributed by atoms with van der Waals surface area (Å²) in [7, 11) is 0. The molecule has 4 rings (SSSR count). The summed E-state index contributed by atoms with van der Waals surface area (Å²) in [6, 6.07) is 14.8. The standard InChI is InChI=1S/C29H34N6O5/c30-22(14-19-8-3-1-4-9-19)26(36)33-23(15-20-10-5-2-6-11-20)28(38)35-13-7-12-25(35)27(37)34-24(29(39)40)16-21-17-31-18-32-21/h1-6,8-11,17-18,22-25H,7,12-16,30H2,(H,31,32)(H,33,36)(H,34,37)(H,39,40). The summed E-state index contributed by atoms with van der Waals surface area (Å²) in [5.41, 5.74) is 8.49. The van der Waals surface area contributed by atoms with Gasteiger partial charge in [-0.05, 0) is 30.4 Å². The average molecular weight is 547 g/mol. The average Bonchev–Trinajstić information content (AvgIpc) is 3.65. The van der Waals surface area contributed by atoms with Gasteiger partial charge in [0.1, 0.15) is 18.1 Å². The Morgan fingerprint density at radius 3 is 2.20 bits per heavy atom. The number of carbonyl (C=O) groups excluding carboxylic acids is 3. The molecule has 11 nitrogen and oxygen atoms in total. The van der Waals surface area contributed by atoms with Crippen LogP contribution in [-0.2, 0) is 38.4 Å². The molecule has 2 aromatic carbocycles. The summed E-state index contributed by atoms with van der Waals surface area (Å²) >= 11 is 0. The summed E-state index contributed by atoms with van der Waals surface area (Å²) < 4.78 is 0. The number of hydrogen-bond donors (Lipinski definition) is 5. The molecule has 0 aliphatic carbocycles. The Kier molecular flexibility index (Phi) is 9.63. The maximum atomic E-state index is 13.8. The Balaban J connectivity index is 1.47. The molecular weight excluding hydrogens is 512 g/mol. The van der Waals surface area contributed by atoms with Gasteiger partial charge in [-0.25, -0.2) is 9.78 Å². The molecule has 0 bridgehead atoms. The third-order valence-corrected chi connectivity index (χ3v) is 6.96. The van der Waals surface area contributed by atoms with E-state index >= 15 is 0 Å². The quantitative estimate of drug-likeness (QED) is 0.224. The topological polar surface area (TPSA) is 171 Å². The third kappa shape index (κ3) is 7.54. The molecule has 40 heavy (non-hydrogen) atoms. The Hall–Kier alpha value is -4.51. The van der Waals surface area contributed by atoms with E-state index in [1.807, 2.05) is 60.7 Å². The second-order valence-corrected chi connectivity index (χ2v) is 9.92. The fourth-order valence-corrected chi connectivity index (χ4v) is 4.88. The van der Waals surface area contributed by atoms with Gasteiger partial charge in [0.15, 0.2) is 0 Å². The van der Waals surface area contributed by atoms with E-state index in [9.17, 15) is 24.3 Å². The predicted molar refractivity (Wildman–Crippen MR) is 147 cm³/mol. The highest BCUT2D eigenvalue weighted by Gasteiger charge is 2.39.